The number of hydrogen-bond donors (Lipinski definition) is 2. The van der Waals surface area contributed by atoms with Gasteiger partial charge in [-0.3, -0.25) is 4.90 Å². The van der Waals surface area contributed by atoms with Gasteiger partial charge >= 0.3 is 5.97 Å². The average molecular weight is 263 g/mol. The van der Waals surface area contributed by atoms with Crippen LogP contribution in [0.5, 0.6) is 0 Å². The molecule has 1 aliphatic heterocycles. The summed E-state index contributed by atoms with van der Waals surface area (Å²) in [6, 6.07) is 0. The van der Waals surface area contributed by atoms with E-state index >= 15 is 0 Å². The first-order valence-electron chi connectivity index (χ1n) is 6.57. The highest BCUT2D eigenvalue weighted by molar-refractivity contribution is 5.88. The first kappa shape index (κ1) is 12.5. The second-order valence-electron chi connectivity index (χ2n) is 5.45. The van der Waals surface area contributed by atoms with Crippen molar-refractivity contribution in [3.8, 4) is 0 Å². The molecule has 6 nitrogen and oxygen atoms in total. The maximum Gasteiger partial charge on any atom is 0.339 e. The van der Waals surface area contributed by atoms with E-state index in [2.05, 4.69) is 14.9 Å². The molecule has 3 unspecified atom stereocenters. The molecule has 2 fully saturated rings. The first-order valence-corrected chi connectivity index (χ1v) is 6.57. The van der Waals surface area contributed by atoms with Gasteiger partial charge in [-0.1, -0.05) is 0 Å². The molecular weight excluding hydrogens is 246 g/mol. The zero-order valence-corrected chi connectivity index (χ0v) is 10.6. The Bertz CT molecular complexity index is 494. The van der Waals surface area contributed by atoms with Crippen molar-refractivity contribution >= 4 is 5.97 Å². The van der Waals surface area contributed by atoms with Crippen LogP contribution in [0, 0.1) is 11.8 Å². The third kappa shape index (κ3) is 2.33. The SMILES string of the molecule is O=C(O)c1cncnc1CN1CC2CCC(O)C2C1. The van der Waals surface area contributed by atoms with Crippen LogP contribution < -0.4 is 0 Å². The van der Waals surface area contributed by atoms with Crippen LogP contribution in [0.15, 0.2) is 12.5 Å². The van der Waals surface area contributed by atoms with E-state index in [1.54, 1.807) is 0 Å². The summed E-state index contributed by atoms with van der Waals surface area (Å²) in [7, 11) is 0. The van der Waals surface area contributed by atoms with Crippen LogP contribution in [0.2, 0.25) is 0 Å². The lowest BCUT2D eigenvalue weighted by Crippen LogP contribution is -2.25. The number of aromatic nitrogens is 2. The van der Waals surface area contributed by atoms with Crippen LogP contribution in [0.4, 0.5) is 0 Å². The number of aromatic carboxylic acids is 1. The number of carboxylic acids is 1. The highest BCUT2D eigenvalue weighted by atomic mass is 16.4. The quantitative estimate of drug-likeness (QED) is 0.819. The molecule has 1 aromatic rings. The fourth-order valence-corrected chi connectivity index (χ4v) is 3.33. The number of rotatable bonds is 3. The summed E-state index contributed by atoms with van der Waals surface area (Å²) in [6.07, 6.45) is 4.50. The monoisotopic (exact) mass is 263 g/mol. The lowest BCUT2D eigenvalue weighted by atomic mass is 10.00. The number of aliphatic hydroxyl groups excluding tert-OH is 1. The fourth-order valence-electron chi connectivity index (χ4n) is 3.33. The van der Waals surface area contributed by atoms with Crippen molar-refractivity contribution in [2.45, 2.75) is 25.5 Å². The van der Waals surface area contributed by atoms with Gasteiger partial charge in [0.15, 0.2) is 0 Å². The van der Waals surface area contributed by atoms with E-state index in [1.807, 2.05) is 0 Å². The van der Waals surface area contributed by atoms with Crippen molar-refractivity contribution in [2.24, 2.45) is 11.8 Å². The zero-order valence-electron chi connectivity index (χ0n) is 10.6. The maximum atomic E-state index is 11.1. The largest absolute Gasteiger partial charge is 0.478 e. The highest BCUT2D eigenvalue weighted by Gasteiger charge is 2.41. The van der Waals surface area contributed by atoms with E-state index in [4.69, 9.17) is 5.11 Å². The topological polar surface area (TPSA) is 86.5 Å². The summed E-state index contributed by atoms with van der Waals surface area (Å²) in [5.41, 5.74) is 0.720. The third-order valence-corrected chi connectivity index (χ3v) is 4.29. The molecule has 3 atom stereocenters. The van der Waals surface area contributed by atoms with Gasteiger partial charge < -0.3 is 10.2 Å². The van der Waals surface area contributed by atoms with Crippen molar-refractivity contribution in [2.75, 3.05) is 13.1 Å². The minimum atomic E-state index is -0.991. The molecule has 1 aliphatic carbocycles. The van der Waals surface area contributed by atoms with Crippen molar-refractivity contribution in [3.63, 3.8) is 0 Å². The van der Waals surface area contributed by atoms with Crippen LogP contribution in [0.1, 0.15) is 28.9 Å². The molecule has 0 amide bonds. The van der Waals surface area contributed by atoms with E-state index < -0.39 is 5.97 Å². The van der Waals surface area contributed by atoms with Gasteiger partial charge in [0.1, 0.15) is 11.9 Å². The summed E-state index contributed by atoms with van der Waals surface area (Å²) in [6.45, 7) is 2.27. The van der Waals surface area contributed by atoms with Crippen molar-refractivity contribution in [1.29, 1.82) is 0 Å². The number of likely N-dealkylation sites (tertiary alicyclic amines) is 1. The molecule has 2 aliphatic rings. The van der Waals surface area contributed by atoms with Gasteiger partial charge in [0, 0.05) is 31.7 Å². The Morgan fingerprint density at radius 2 is 2.26 bits per heavy atom. The van der Waals surface area contributed by atoms with Crippen molar-refractivity contribution in [3.05, 3.63) is 23.8 Å². The lowest BCUT2D eigenvalue weighted by molar-refractivity contribution is 0.0692. The van der Waals surface area contributed by atoms with Gasteiger partial charge in [-0.2, -0.15) is 0 Å². The van der Waals surface area contributed by atoms with Crippen LogP contribution in [-0.2, 0) is 6.54 Å². The Labute approximate surface area is 111 Å². The summed E-state index contributed by atoms with van der Waals surface area (Å²) >= 11 is 0. The first-order chi connectivity index (χ1) is 9.15. The fraction of sp³-hybridized carbons (Fsp3) is 0.615. The number of nitrogens with zero attached hydrogens (tertiary/aromatic N) is 3. The molecule has 6 heteroatoms. The van der Waals surface area contributed by atoms with Gasteiger partial charge in [0.25, 0.3) is 0 Å². The molecule has 1 aromatic heterocycles. The average Bonchev–Trinajstić information content (AvgIpc) is 2.92. The number of carboxylic acid groups (broad SMARTS) is 1. The van der Waals surface area contributed by atoms with Crippen molar-refractivity contribution in [1.82, 2.24) is 14.9 Å². The van der Waals surface area contributed by atoms with E-state index in [0.29, 0.717) is 24.1 Å². The summed E-state index contributed by atoms with van der Waals surface area (Å²) in [4.78, 5) is 21.1. The molecule has 0 bridgehead atoms. The molecular formula is C13H17N3O3. The maximum absolute atomic E-state index is 11.1. The Kier molecular flexibility index (Phi) is 3.20. The normalized spacial score (nSPS) is 30.5. The second-order valence-corrected chi connectivity index (χ2v) is 5.45. The number of aliphatic hydroxyl groups is 1. The molecule has 1 saturated carbocycles. The Hall–Kier alpha value is -1.53. The van der Waals surface area contributed by atoms with Gasteiger partial charge in [-0.25, -0.2) is 14.8 Å². The van der Waals surface area contributed by atoms with E-state index in [-0.39, 0.29) is 11.7 Å². The van der Waals surface area contributed by atoms with Gasteiger partial charge in [0.05, 0.1) is 11.8 Å². The molecule has 0 spiro atoms. The Morgan fingerprint density at radius 3 is 3.00 bits per heavy atom. The molecule has 0 radical (unpaired) electrons. The van der Waals surface area contributed by atoms with Gasteiger partial charge in [0.2, 0.25) is 0 Å². The molecule has 3 rings (SSSR count). The van der Waals surface area contributed by atoms with E-state index in [1.165, 1.54) is 12.5 Å². The number of hydrogen-bond acceptors (Lipinski definition) is 5. The van der Waals surface area contributed by atoms with Gasteiger partial charge in [-0.15, -0.1) is 0 Å². The summed E-state index contributed by atoms with van der Waals surface area (Å²) < 4.78 is 0. The predicted molar refractivity (Wildman–Crippen MR) is 66.5 cm³/mol. The van der Waals surface area contributed by atoms with Crippen LogP contribution in [0.3, 0.4) is 0 Å². The van der Waals surface area contributed by atoms with Crippen LogP contribution in [0.25, 0.3) is 0 Å². The smallest absolute Gasteiger partial charge is 0.339 e. The van der Waals surface area contributed by atoms with Crippen molar-refractivity contribution < 1.29 is 15.0 Å². The highest BCUT2D eigenvalue weighted by Crippen LogP contribution is 2.38. The molecule has 19 heavy (non-hydrogen) atoms. The molecule has 102 valence electrons. The van der Waals surface area contributed by atoms with Crippen LogP contribution in [-0.4, -0.2) is 50.2 Å². The standard InChI is InChI=1S/C13H17N3O3/c17-12-2-1-8-4-16(5-10(8)12)6-11-9(13(18)19)3-14-7-15-11/h3,7-8,10,12,17H,1-2,4-6H2,(H,18,19). The minimum absolute atomic E-state index is 0.167. The zero-order chi connectivity index (χ0) is 13.4. The molecule has 1 saturated heterocycles. The minimum Gasteiger partial charge on any atom is -0.478 e. The molecule has 2 N–H and O–H groups in total. The summed E-state index contributed by atoms with van der Waals surface area (Å²) in [5, 5.41) is 19.0. The lowest BCUT2D eigenvalue weighted by Gasteiger charge is -2.18. The van der Waals surface area contributed by atoms with Crippen LogP contribution >= 0.6 is 0 Å². The molecule has 0 aromatic carbocycles. The third-order valence-electron chi connectivity index (χ3n) is 4.29. The second kappa shape index (κ2) is 4.86. The summed E-state index contributed by atoms with van der Waals surface area (Å²) in [5.74, 6) is -0.102. The van der Waals surface area contributed by atoms with Gasteiger partial charge in [-0.05, 0) is 18.8 Å². The number of fused-ring (bicyclic) bond motifs is 1. The Balaban J connectivity index is 1.72. The Morgan fingerprint density at radius 1 is 1.42 bits per heavy atom. The van der Waals surface area contributed by atoms with E-state index in [9.17, 15) is 9.90 Å². The number of carbonyl (C=O) groups is 1. The predicted octanol–water partition coefficient (Wildman–Crippen LogP) is 0.377. The van der Waals surface area contributed by atoms with E-state index in [0.717, 1.165) is 25.9 Å². The molecule has 2 heterocycles.